The largest absolute Gasteiger partial charge is 0.497 e. The van der Waals surface area contributed by atoms with Crippen LogP contribution in [0.25, 0.3) is 0 Å². The molecule has 0 saturated heterocycles. The number of amides is 1. The maximum atomic E-state index is 11.8. The lowest BCUT2D eigenvalue weighted by atomic mass is 10.1. The van der Waals surface area contributed by atoms with E-state index >= 15 is 0 Å². The topological polar surface area (TPSA) is 59.6 Å². The zero-order chi connectivity index (χ0) is 17.2. The molecular formula is C18H20N2O3S. The van der Waals surface area contributed by atoms with Crippen molar-refractivity contribution in [2.75, 3.05) is 20.3 Å². The van der Waals surface area contributed by atoms with Crippen molar-refractivity contribution < 1.29 is 14.3 Å². The van der Waals surface area contributed by atoms with Gasteiger partial charge in [-0.2, -0.15) is 0 Å². The molecule has 0 heterocycles. The zero-order valence-corrected chi connectivity index (χ0v) is 14.3. The van der Waals surface area contributed by atoms with Gasteiger partial charge in [0.25, 0.3) is 5.91 Å². The summed E-state index contributed by atoms with van der Waals surface area (Å²) in [6, 6.07) is 17.1. The van der Waals surface area contributed by atoms with Gasteiger partial charge in [-0.05, 0) is 48.5 Å². The van der Waals surface area contributed by atoms with Gasteiger partial charge in [-0.3, -0.25) is 4.79 Å². The monoisotopic (exact) mass is 344 g/mol. The van der Waals surface area contributed by atoms with Crippen LogP contribution in [0.1, 0.15) is 5.56 Å². The van der Waals surface area contributed by atoms with Crippen LogP contribution in [-0.2, 0) is 11.2 Å². The van der Waals surface area contributed by atoms with E-state index < -0.39 is 0 Å². The SMILES string of the molecule is COc1ccc(OCC(=O)NC(=S)NCCc2ccccc2)cc1. The van der Waals surface area contributed by atoms with E-state index in [9.17, 15) is 4.79 Å². The van der Waals surface area contributed by atoms with Gasteiger partial charge in [-0.1, -0.05) is 30.3 Å². The predicted molar refractivity (Wildman–Crippen MR) is 97.4 cm³/mol. The number of methoxy groups -OCH3 is 1. The minimum atomic E-state index is -0.303. The summed E-state index contributed by atoms with van der Waals surface area (Å²) < 4.78 is 10.4. The minimum absolute atomic E-state index is 0.104. The third-order valence-electron chi connectivity index (χ3n) is 3.22. The molecule has 0 aromatic heterocycles. The minimum Gasteiger partial charge on any atom is -0.497 e. The van der Waals surface area contributed by atoms with Crippen LogP contribution in [-0.4, -0.2) is 31.3 Å². The van der Waals surface area contributed by atoms with Gasteiger partial charge in [0.05, 0.1) is 7.11 Å². The van der Waals surface area contributed by atoms with Crippen molar-refractivity contribution in [3.05, 3.63) is 60.2 Å². The molecule has 2 aromatic rings. The van der Waals surface area contributed by atoms with Crippen molar-refractivity contribution in [3.8, 4) is 11.5 Å². The molecule has 0 unspecified atom stereocenters. The van der Waals surface area contributed by atoms with Gasteiger partial charge >= 0.3 is 0 Å². The highest BCUT2D eigenvalue weighted by Gasteiger charge is 2.05. The predicted octanol–water partition coefficient (Wildman–Crippen LogP) is 2.31. The Morgan fingerprint density at radius 3 is 2.38 bits per heavy atom. The fourth-order valence-corrected chi connectivity index (χ4v) is 2.21. The average Bonchev–Trinajstić information content (AvgIpc) is 2.61. The molecule has 0 aliphatic rings. The summed E-state index contributed by atoms with van der Waals surface area (Å²) >= 11 is 5.09. The van der Waals surface area contributed by atoms with E-state index in [4.69, 9.17) is 21.7 Å². The van der Waals surface area contributed by atoms with Crippen LogP contribution in [0, 0.1) is 0 Å². The quantitative estimate of drug-likeness (QED) is 0.755. The molecule has 0 spiro atoms. The van der Waals surface area contributed by atoms with Gasteiger partial charge in [-0.25, -0.2) is 0 Å². The summed E-state index contributed by atoms with van der Waals surface area (Å²) in [6.07, 6.45) is 0.833. The van der Waals surface area contributed by atoms with Crippen molar-refractivity contribution in [1.29, 1.82) is 0 Å². The first-order valence-corrected chi connectivity index (χ1v) is 7.96. The van der Waals surface area contributed by atoms with E-state index in [1.54, 1.807) is 31.4 Å². The first-order chi connectivity index (χ1) is 11.7. The number of carbonyl (C=O) groups is 1. The van der Waals surface area contributed by atoms with Crippen molar-refractivity contribution in [2.24, 2.45) is 0 Å². The number of nitrogens with one attached hydrogen (secondary N) is 2. The molecule has 0 bridgehead atoms. The van der Waals surface area contributed by atoms with E-state index in [0.717, 1.165) is 12.2 Å². The molecule has 6 heteroatoms. The van der Waals surface area contributed by atoms with Crippen molar-refractivity contribution in [3.63, 3.8) is 0 Å². The van der Waals surface area contributed by atoms with Gasteiger partial charge in [0.15, 0.2) is 11.7 Å². The van der Waals surface area contributed by atoms with Crippen LogP contribution in [0.15, 0.2) is 54.6 Å². The summed E-state index contributed by atoms with van der Waals surface area (Å²) in [5.41, 5.74) is 1.21. The van der Waals surface area contributed by atoms with Crippen LogP contribution in [0.2, 0.25) is 0 Å². The Kier molecular flexibility index (Phi) is 7.04. The van der Waals surface area contributed by atoms with Crippen LogP contribution < -0.4 is 20.1 Å². The van der Waals surface area contributed by atoms with E-state index in [2.05, 4.69) is 10.6 Å². The fraction of sp³-hybridized carbons (Fsp3) is 0.222. The van der Waals surface area contributed by atoms with Crippen LogP contribution in [0.3, 0.4) is 0 Å². The lowest BCUT2D eigenvalue weighted by Crippen LogP contribution is -2.42. The lowest BCUT2D eigenvalue weighted by Gasteiger charge is -2.10. The number of carbonyl (C=O) groups excluding carboxylic acids is 1. The number of hydrogen-bond acceptors (Lipinski definition) is 4. The molecule has 5 nitrogen and oxygen atoms in total. The van der Waals surface area contributed by atoms with E-state index in [-0.39, 0.29) is 12.5 Å². The van der Waals surface area contributed by atoms with Gasteiger partial charge in [0.1, 0.15) is 11.5 Å². The lowest BCUT2D eigenvalue weighted by molar-refractivity contribution is -0.121. The molecule has 0 saturated carbocycles. The second-order valence-electron chi connectivity index (χ2n) is 5.00. The molecule has 2 aromatic carbocycles. The smallest absolute Gasteiger partial charge is 0.264 e. The molecule has 0 radical (unpaired) electrons. The second kappa shape index (κ2) is 9.52. The van der Waals surface area contributed by atoms with Crippen molar-refractivity contribution in [2.45, 2.75) is 6.42 Å². The Morgan fingerprint density at radius 1 is 1.04 bits per heavy atom. The highest BCUT2D eigenvalue weighted by molar-refractivity contribution is 7.80. The average molecular weight is 344 g/mol. The summed E-state index contributed by atoms with van der Waals surface area (Å²) in [5, 5.41) is 5.89. The van der Waals surface area contributed by atoms with E-state index in [0.29, 0.717) is 17.4 Å². The highest BCUT2D eigenvalue weighted by atomic mass is 32.1. The number of rotatable bonds is 7. The first kappa shape index (κ1) is 17.7. The Hall–Kier alpha value is -2.60. The number of ether oxygens (including phenoxy) is 2. The summed E-state index contributed by atoms with van der Waals surface area (Å²) in [4.78, 5) is 11.8. The maximum Gasteiger partial charge on any atom is 0.264 e. The first-order valence-electron chi connectivity index (χ1n) is 7.56. The zero-order valence-electron chi connectivity index (χ0n) is 13.5. The Balaban J connectivity index is 1.64. The summed E-state index contributed by atoms with van der Waals surface area (Å²) in [7, 11) is 1.59. The highest BCUT2D eigenvalue weighted by Crippen LogP contribution is 2.16. The van der Waals surface area contributed by atoms with Gasteiger partial charge < -0.3 is 20.1 Å². The second-order valence-corrected chi connectivity index (χ2v) is 5.41. The summed E-state index contributed by atoms with van der Waals surface area (Å²) in [5.74, 6) is 1.02. The third kappa shape index (κ3) is 6.26. The van der Waals surface area contributed by atoms with Gasteiger partial charge in [0, 0.05) is 6.54 Å². The molecule has 0 aliphatic heterocycles. The molecule has 2 N–H and O–H groups in total. The number of thiocarbonyl (C=S) groups is 1. The Morgan fingerprint density at radius 2 is 1.71 bits per heavy atom. The summed E-state index contributed by atoms with van der Waals surface area (Å²) in [6.45, 7) is 0.551. The van der Waals surface area contributed by atoms with Crippen molar-refractivity contribution in [1.82, 2.24) is 10.6 Å². The molecule has 0 aliphatic carbocycles. The standard InChI is InChI=1S/C18H20N2O3S/c1-22-15-7-9-16(10-8-15)23-13-17(21)20-18(24)19-12-11-14-5-3-2-4-6-14/h2-10H,11-13H2,1H3,(H2,19,20,21,24). The van der Waals surface area contributed by atoms with Crippen LogP contribution in [0.5, 0.6) is 11.5 Å². The number of hydrogen-bond donors (Lipinski definition) is 2. The van der Waals surface area contributed by atoms with Crippen LogP contribution >= 0.6 is 12.2 Å². The van der Waals surface area contributed by atoms with Gasteiger partial charge in [0.2, 0.25) is 0 Å². The number of benzene rings is 2. The fourth-order valence-electron chi connectivity index (χ4n) is 1.99. The molecule has 24 heavy (non-hydrogen) atoms. The van der Waals surface area contributed by atoms with Crippen molar-refractivity contribution >= 4 is 23.2 Å². The van der Waals surface area contributed by atoms with Gasteiger partial charge in [-0.15, -0.1) is 0 Å². The van der Waals surface area contributed by atoms with E-state index in [1.165, 1.54) is 5.56 Å². The molecular weight excluding hydrogens is 324 g/mol. The Labute approximate surface area is 147 Å². The molecule has 2 rings (SSSR count). The molecule has 0 atom stereocenters. The molecule has 126 valence electrons. The third-order valence-corrected chi connectivity index (χ3v) is 3.47. The Bertz CT molecular complexity index is 660. The van der Waals surface area contributed by atoms with E-state index in [1.807, 2.05) is 30.3 Å². The molecule has 0 fully saturated rings. The van der Waals surface area contributed by atoms with Crippen LogP contribution in [0.4, 0.5) is 0 Å². The molecule has 1 amide bonds. The maximum absolute atomic E-state index is 11.8. The normalized spacial score (nSPS) is 9.88.